The van der Waals surface area contributed by atoms with Crippen LogP contribution >= 0.6 is 12.6 Å². The van der Waals surface area contributed by atoms with Crippen LogP contribution < -0.4 is 4.74 Å². The van der Waals surface area contributed by atoms with Gasteiger partial charge in [-0.05, 0) is 0 Å². The predicted octanol–water partition coefficient (Wildman–Crippen LogP) is 2.78. The molecule has 94 valence electrons. The highest BCUT2D eigenvalue weighted by molar-refractivity contribution is 7.80. The van der Waals surface area contributed by atoms with Crippen LogP contribution in [0.15, 0.2) is 0 Å². The van der Waals surface area contributed by atoms with Gasteiger partial charge in [-0.15, -0.1) is 12.6 Å². The Bertz CT molecular complexity index is 436. The Morgan fingerprint density at radius 3 is 1.76 bits per heavy atom. The number of benzene rings is 1. The Labute approximate surface area is 96.5 Å². The highest BCUT2D eigenvalue weighted by Gasteiger charge is 2.28. The van der Waals surface area contributed by atoms with Crippen molar-refractivity contribution in [2.24, 2.45) is 0 Å². The lowest BCUT2D eigenvalue weighted by molar-refractivity contribution is 0.112. The summed E-state index contributed by atoms with van der Waals surface area (Å²) in [6, 6.07) is 0. The molecule has 0 aliphatic rings. The van der Waals surface area contributed by atoms with Gasteiger partial charge in [0.15, 0.2) is 0 Å². The second kappa shape index (κ2) is 5.21. The summed E-state index contributed by atoms with van der Waals surface area (Å²) in [5, 5.41) is 0. The summed E-state index contributed by atoms with van der Waals surface area (Å²) in [4.78, 5) is 10.7. The fourth-order valence-electron chi connectivity index (χ4n) is 0.840. The first-order valence-electron chi connectivity index (χ1n) is 3.87. The van der Waals surface area contributed by atoms with E-state index in [0.717, 1.165) is 0 Å². The molecule has 0 aliphatic carbocycles. The molecule has 0 saturated carbocycles. The topological polar surface area (TPSA) is 35.5 Å². The number of ether oxygens (including phenoxy) is 2. The van der Waals surface area contributed by atoms with Crippen molar-refractivity contribution in [2.75, 3.05) is 5.94 Å². The average molecular weight is 274 g/mol. The number of thiol groups is 1. The van der Waals surface area contributed by atoms with Gasteiger partial charge in [0, 0.05) is 0 Å². The summed E-state index contributed by atoms with van der Waals surface area (Å²) in [6.07, 6.45) is -1.65. The number of halogens is 5. The fraction of sp³-hybridized carbons (Fsp3) is 0.125. The largest absolute Gasteiger partial charge is 0.514 e. The monoisotopic (exact) mass is 274 g/mol. The van der Waals surface area contributed by atoms with Crippen LogP contribution in [0.3, 0.4) is 0 Å². The zero-order chi connectivity index (χ0) is 13.2. The first-order valence-corrected chi connectivity index (χ1v) is 4.50. The molecule has 0 bridgehead atoms. The summed E-state index contributed by atoms with van der Waals surface area (Å²) in [6.45, 7) is 0. The molecule has 0 amide bonds. The zero-order valence-electron chi connectivity index (χ0n) is 7.77. The maximum Gasteiger partial charge on any atom is 0.514 e. The maximum atomic E-state index is 12.9. The van der Waals surface area contributed by atoms with E-state index < -0.39 is 46.9 Å². The van der Waals surface area contributed by atoms with Gasteiger partial charge in [0.1, 0.15) is 5.94 Å². The van der Waals surface area contributed by atoms with E-state index in [-0.39, 0.29) is 0 Å². The maximum absolute atomic E-state index is 12.9. The van der Waals surface area contributed by atoms with Gasteiger partial charge in [-0.3, -0.25) is 0 Å². The summed E-state index contributed by atoms with van der Waals surface area (Å²) in [5.74, 6) is -13.6. The third-order valence-electron chi connectivity index (χ3n) is 1.54. The Morgan fingerprint density at radius 1 is 0.941 bits per heavy atom. The molecule has 0 atom stereocenters. The van der Waals surface area contributed by atoms with Crippen molar-refractivity contribution in [3.05, 3.63) is 29.1 Å². The van der Waals surface area contributed by atoms with Gasteiger partial charge in [-0.25, -0.2) is 18.0 Å². The van der Waals surface area contributed by atoms with E-state index in [4.69, 9.17) is 0 Å². The molecule has 0 heterocycles. The van der Waals surface area contributed by atoms with Gasteiger partial charge in [-0.1, -0.05) is 0 Å². The van der Waals surface area contributed by atoms with E-state index >= 15 is 0 Å². The Balaban J connectivity index is 3.20. The Morgan fingerprint density at radius 2 is 1.35 bits per heavy atom. The van der Waals surface area contributed by atoms with Crippen molar-refractivity contribution in [1.29, 1.82) is 0 Å². The standard InChI is InChI=1S/C8H3F5O3S/c9-2-3(10)5(12)7(6(13)4(2)11)16-8(14)15-1-17/h17H,1H2. The molecule has 3 nitrogen and oxygen atoms in total. The lowest BCUT2D eigenvalue weighted by Crippen LogP contribution is -2.14. The van der Waals surface area contributed by atoms with Crippen LogP contribution in [0.1, 0.15) is 0 Å². The lowest BCUT2D eigenvalue weighted by Gasteiger charge is -2.07. The molecular weight excluding hydrogens is 271 g/mol. The zero-order valence-corrected chi connectivity index (χ0v) is 8.66. The first-order chi connectivity index (χ1) is 7.90. The minimum Gasteiger partial charge on any atom is -0.423 e. The smallest absolute Gasteiger partial charge is 0.423 e. The molecule has 0 fully saturated rings. The van der Waals surface area contributed by atoms with Gasteiger partial charge in [0.05, 0.1) is 0 Å². The van der Waals surface area contributed by atoms with Crippen molar-refractivity contribution >= 4 is 18.8 Å². The third-order valence-corrected chi connectivity index (χ3v) is 1.67. The minimum atomic E-state index is -2.35. The number of hydrogen-bond donors (Lipinski definition) is 1. The van der Waals surface area contributed by atoms with Crippen molar-refractivity contribution in [1.82, 2.24) is 0 Å². The Hall–Kier alpha value is -1.51. The second-order valence-electron chi connectivity index (χ2n) is 2.52. The summed E-state index contributed by atoms with van der Waals surface area (Å²) < 4.78 is 71.5. The molecule has 1 rings (SSSR count). The molecule has 0 N–H and O–H groups in total. The molecular formula is C8H3F5O3S. The molecule has 1 aromatic carbocycles. The van der Waals surface area contributed by atoms with Crippen LogP contribution in [-0.4, -0.2) is 12.1 Å². The Kier molecular flexibility index (Phi) is 4.16. The SMILES string of the molecule is O=C(OCS)Oc1c(F)c(F)c(F)c(F)c1F. The molecule has 0 unspecified atom stereocenters. The molecule has 0 spiro atoms. The molecule has 17 heavy (non-hydrogen) atoms. The summed E-state index contributed by atoms with van der Waals surface area (Å²) in [7, 11) is 0. The lowest BCUT2D eigenvalue weighted by atomic mass is 10.3. The van der Waals surface area contributed by atoms with Crippen molar-refractivity contribution in [3.8, 4) is 5.75 Å². The van der Waals surface area contributed by atoms with Gasteiger partial charge < -0.3 is 9.47 Å². The van der Waals surface area contributed by atoms with E-state index in [1.807, 2.05) is 0 Å². The van der Waals surface area contributed by atoms with E-state index in [0.29, 0.717) is 0 Å². The molecule has 0 aliphatic heterocycles. The highest BCUT2D eigenvalue weighted by Crippen LogP contribution is 2.29. The van der Waals surface area contributed by atoms with Crippen LogP contribution in [0.4, 0.5) is 26.7 Å². The van der Waals surface area contributed by atoms with Gasteiger partial charge >= 0.3 is 6.16 Å². The first kappa shape index (κ1) is 13.6. The van der Waals surface area contributed by atoms with Crippen molar-refractivity contribution in [3.63, 3.8) is 0 Å². The molecule has 9 heteroatoms. The van der Waals surface area contributed by atoms with Crippen LogP contribution in [-0.2, 0) is 4.74 Å². The van der Waals surface area contributed by atoms with Crippen LogP contribution in [0.5, 0.6) is 5.75 Å². The van der Waals surface area contributed by atoms with Crippen LogP contribution in [0.2, 0.25) is 0 Å². The molecule has 0 saturated heterocycles. The van der Waals surface area contributed by atoms with E-state index in [1.165, 1.54) is 0 Å². The third kappa shape index (κ3) is 2.60. The average Bonchev–Trinajstić information content (AvgIpc) is 2.30. The van der Waals surface area contributed by atoms with Gasteiger partial charge in [-0.2, -0.15) is 8.78 Å². The number of rotatable bonds is 2. The summed E-state index contributed by atoms with van der Waals surface area (Å²) >= 11 is 3.42. The molecule has 0 aromatic heterocycles. The molecule has 1 aromatic rings. The normalized spacial score (nSPS) is 10.2. The summed E-state index contributed by atoms with van der Waals surface area (Å²) in [5.41, 5.74) is 0. The van der Waals surface area contributed by atoms with Crippen molar-refractivity contribution in [2.45, 2.75) is 0 Å². The van der Waals surface area contributed by atoms with E-state index in [2.05, 4.69) is 22.1 Å². The fourth-order valence-corrected chi connectivity index (χ4v) is 0.945. The quantitative estimate of drug-likeness (QED) is 0.171. The van der Waals surface area contributed by atoms with Crippen LogP contribution in [0, 0.1) is 29.1 Å². The van der Waals surface area contributed by atoms with E-state index in [9.17, 15) is 26.7 Å². The van der Waals surface area contributed by atoms with Gasteiger partial charge in [0.25, 0.3) is 0 Å². The van der Waals surface area contributed by atoms with Crippen molar-refractivity contribution < 1.29 is 36.2 Å². The highest BCUT2D eigenvalue weighted by atomic mass is 32.1. The minimum absolute atomic E-state index is 0.492. The van der Waals surface area contributed by atoms with Crippen LogP contribution in [0.25, 0.3) is 0 Å². The number of carbonyl (C=O) groups excluding carboxylic acids is 1. The second-order valence-corrected chi connectivity index (χ2v) is 2.78. The molecule has 0 radical (unpaired) electrons. The number of carbonyl (C=O) groups is 1. The van der Waals surface area contributed by atoms with E-state index in [1.54, 1.807) is 0 Å². The number of hydrogen-bond acceptors (Lipinski definition) is 4. The van der Waals surface area contributed by atoms with Gasteiger partial charge in [0.2, 0.25) is 34.8 Å². The predicted molar refractivity (Wildman–Crippen MR) is 47.2 cm³/mol.